The van der Waals surface area contributed by atoms with Crippen LogP contribution in [0.15, 0.2) is 44.6 Å². The summed E-state index contributed by atoms with van der Waals surface area (Å²) in [6.45, 7) is 6.94. The largest absolute Gasteiger partial charge is 0.440 e. The number of piperidine rings is 1. The molecule has 0 radical (unpaired) electrons. The van der Waals surface area contributed by atoms with Gasteiger partial charge in [0.25, 0.3) is 0 Å². The minimum atomic E-state index is -4.46. The lowest BCUT2D eigenvalue weighted by Crippen LogP contribution is -2.31. The molecule has 1 saturated heterocycles. The number of halogens is 4. The number of hydrogen-bond donors (Lipinski definition) is 0. The fourth-order valence-electron chi connectivity index (χ4n) is 5.59. The second-order valence-corrected chi connectivity index (χ2v) is 11.0. The van der Waals surface area contributed by atoms with Crippen LogP contribution in [0, 0.1) is 18.7 Å². The molecule has 0 amide bonds. The minimum Gasteiger partial charge on any atom is -0.440 e. The number of rotatable bonds is 8. The number of aliphatic imine (C=N–C) groups is 1. The third-order valence-electron chi connectivity index (χ3n) is 7.62. The first-order valence-electron chi connectivity index (χ1n) is 12.3. The molecule has 0 bridgehead atoms. The van der Waals surface area contributed by atoms with Gasteiger partial charge in [-0.2, -0.15) is 13.2 Å². The van der Waals surface area contributed by atoms with Crippen LogP contribution in [-0.4, -0.2) is 59.6 Å². The number of hydrogen-bond acceptors (Lipinski definition) is 6. The van der Waals surface area contributed by atoms with Gasteiger partial charge in [0.1, 0.15) is 5.82 Å². The smallest absolute Gasteiger partial charge is 0.416 e. The summed E-state index contributed by atoms with van der Waals surface area (Å²) in [5.41, 5.74) is 1.08. The second-order valence-electron chi connectivity index (χ2n) is 9.91. The van der Waals surface area contributed by atoms with Crippen molar-refractivity contribution < 1.29 is 22.0 Å². The van der Waals surface area contributed by atoms with Gasteiger partial charge in [-0.15, -0.1) is 11.8 Å². The second kappa shape index (κ2) is 9.52. The highest BCUT2D eigenvalue weighted by Crippen LogP contribution is 2.60. The van der Waals surface area contributed by atoms with Gasteiger partial charge in [0.2, 0.25) is 0 Å². The summed E-state index contributed by atoms with van der Waals surface area (Å²) < 4.78 is 59.8. The molecular formula is C26H30F4N4OS. The van der Waals surface area contributed by atoms with Crippen LogP contribution in [0.1, 0.15) is 48.8 Å². The van der Waals surface area contributed by atoms with Gasteiger partial charge in [-0.1, -0.05) is 6.92 Å². The van der Waals surface area contributed by atoms with Crippen LogP contribution in [-0.2, 0) is 11.6 Å². The Hall–Kier alpha value is -2.33. The molecule has 3 heterocycles. The highest BCUT2D eigenvalue weighted by molar-refractivity contribution is 8.03. The molecular weight excluding hydrogens is 492 g/mol. The monoisotopic (exact) mass is 522 g/mol. The third-order valence-corrected chi connectivity index (χ3v) is 8.95. The third kappa shape index (κ3) is 4.58. The molecule has 10 heteroatoms. The molecule has 1 aromatic heterocycles. The van der Waals surface area contributed by atoms with E-state index in [1.807, 2.05) is 14.0 Å². The zero-order chi connectivity index (χ0) is 25.7. The normalized spacial score (nSPS) is 24.4. The van der Waals surface area contributed by atoms with Crippen LogP contribution < -0.4 is 0 Å². The number of aromatic nitrogens is 1. The average molecular weight is 523 g/mol. The zero-order valence-electron chi connectivity index (χ0n) is 20.7. The van der Waals surface area contributed by atoms with Gasteiger partial charge in [-0.25, -0.2) is 9.37 Å². The summed E-state index contributed by atoms with van der Waals surface area (Å²) in [6, 6.07) is 2.83. The van der Waals surface area contributed by atoms with E-state index in [0.29, 0.717) is 18.8 Å². The Kier molecular flexibility index (Phi) is 6.70. The van der Waals surface area contributed by atoms with E-state index in [0.717, 1.165) is 67.8 Å². The molecule has 0 unspecified atom stereocenters. The number of amidine groups is 1. The summed E-state index contributed by atoms with van der Waals surface area (Å²) in [6.07, 6.45) is -0.422. The molecule has 194 valence electrons. The van der Waals surface area contributed by atoms with Crippen LogP contribution in [0.4, 0.5) is 17.6 Å². The Morgan fingerprint density at radius 1 is 1.28 bits per heavy atom. The summed E-state index contributed by atoms with van der Waals surface area (Å²) in [5.74, 6) is 2.08. The highest BCUT2D eigenvalue weighted by Gasteiger charge is 2.61. The van der Waals surface area contributed by atoms with Crippen LogP contribution in [0.3, 0.4) is 0 Å². The molecule has 2 aromatic rings. The number of oxazole rings is 1. The molecule has 5 nitrogen and oxygen atoms in total. The van der Waals surface area contributed by atoms with Crippen molar-refractivity contribution >= 4 is 17.6 Å². The van der Waals surface area contributed by atoms with Gasteiger partial charge in [0, 0.05) is 31.3 Å². The van der Waals surface area contributed by atoms with E-state index in [2.05, 4.69) is 21.7 Å². The van der Waals surface area contributed by atoms with E-state index in [9.17, 15) is 17.6 Å². The molecule has 36 heavy (non-hydrogen) atoms. The van der Waals surface area contributed by atoms with Gasteiger partial charge in [0.05, 0.1) is 22.8 Å². The predicted octanol–water partition coefficient (Wildman–Crippen LogP) is 5.85. The van der Waals surface area contributed by atoms with E-state index in [1.54, 1.807) is 11.8 Å². The molecule has 1 aliphatic carbocycles. The first-order chi connectivity index (χ1) is 17.1. The van der Waals surface area contributed by atoms with Gasteiger partial charge in [-0.05, 0) is 68.0 Å². The van der Waals surface area contributed by atoms with Crippen molar-refractivity contribution in [1.82, 2.24) is 14.8 Å². The molecule has 5 rings (SSSR count). The van der Waals surface area contributed by atoms with Crippen molar-refractivity contribution in [3.63, 3.8) is 0 Å². The molecule has 1 aromatic carbocycles. The molecule has 1 saturated carbocycles. The van der Waals surface area contributed by atoms with Crippen LogP contribution in [0.2, 0.25) is 0 Å². The van der Waals surface area contributed by atoms with Crippen LogP contribution in [0.25, 0.3) is 0 Å². The lowest BCUT2D eigenvalue weighted by molar-refractivity contribution is -0.137. The molecule has 2 fully saturated rings. The van der Waals surface area contributed by atoms with Crippen LogP contribution in [0.5, 0.6) is 0 Å². The number of benzene rings is 1. The van der Waals surface area contributed by atoms with Crippen molar-refractivity contribution in [2.75, 3.05) is 39.0 Å². The standard InChI is InChI=1S/C26H30F4N4OS/c1-4-17-12-31-23(22-16(2)32-15-35-22)33(3)24(17)36-9-5-8-34-13-19-11-25(19,14-34)20-10-18(26(28,29)30)6-7-21(20)27/h6-7,10,15,19H,4-5,8-9,11-14H2,1-3H3/t19-,25-/m1/s1. The average Bonchev–Trinajstić information content (AvgIpc) is 3.15. The quantitative estimate of drug-likeness (QED) is 0.321. The van der Waals surface area contributed by atoms with E-state index >= 15 is 0 Å². The van der Waals surface area contributed by atoms with Gasteiger partial charge in [0.15, 0.2) is 18.0 Å². The number of alkyl halides is 3. The Morgan fingerprint density at radius 2 is 2.08 bits per heavy atom. The molecule has 2 aliphatic heterocycles. The maximum absolute atomic E-state index is 14.6. The van der Waals surface area contributed by atoms with Gasteiger partial charge in [-0.3, -0.25) is 4.99 Å². The molecule has 0 N–H and O–H groups in total. The fourth-order valence-corrected chi connectivity index (χ4v) is 6.75. The summed E-state index contributed by atoms with van der Waals surface area (Å²) in [4.78, 5) is 13.3. The molecule has 0 spiro atoms. The van der Waals surface area contributed by atoms with Crippen LogP contribution >= 0.6 is 11.8 Å². The fraction of sp³-hybridized carbons (Fsp3) is 0.538. The Labute approximate surface area is 212 Å². The number of likely N-dealkylation sites (tertiary alicyclic amines) is 1. The number of nitrogens with zero attached hydrogens (tertiary/aromatic N) is 4. The Balaban J connectivity index is 1.18. The van der Waals surface area contributed by atoms with Crippen molar-refractivity contribution in [3.05, 3.63) is 63.6 Å². The minimum absolute atomic E-state index is 0.228. The van der Waals surface area contributed by atoms with Crippen molar-refractivity contribution in [3.8, 4) is 0 Å². The van der Waals surface area contributed by atoms with Gasteiger partial charge >= 0.3 is 6.18 Å². The Morgan fingerprint density at radius 3 is 2.78 bits per heavy atom. The molecule has 3 aliphatic rings. The molecule has 2 atom stereocenters. The summed E-state index contributed by atoms with van der Waals surface area (Å²) >= 11 is 1.79. The zero-order valence-corrected chi connectivity index (χ0v) is 21.5. The highest BCUT2D eigenvalue weighted by atomic mass is 32.2. The first-order valence-corrected chi connectivity index (χ1v) is 13.3. The topological polar surface area (TPSA) is 44.9 Å². The van der Waals surface area contributed by atoms with Crippen molar-refractivity contribution in [2.45, 2.75) is 44.7 Å². The maximum atomic E-state index is 14.6. The summed E-state index contributed by atoms with van der Waals surface area (Å²) in [7, 11) is 2.00. The predicted molar refractivity (Wildman–Crippen MR) is 132 cm³/mol. The summed E-state index contributed by atoms with van der Waals surface area (Å²) in [5, 5.41) is 1.19. The number of fused-ring (bicyclic) bond motifs is 1. The first kappa shape index (κ1) is 25.3. The Bertz CT molecular complexity index is 1210. The number of thioether (sulfide) groups is 1. The number of aryl methyl sites for hydroxylation is 1. The lowest BCUT2D eigenvalue weighted by Gasteiger charge is -2.29. The van der Waals surface area contributed by atoms with E-state index in [1.165, 1.54) is 17.0 Å². The van der Waals surface area contributed by atoms with Crippen molar-refractivity contribution in [2.24, 2.45) is 10.9 Å². The van der Waals surface area contributed by atoms with E-state index in [4.69, 9.17) is 9.41 Å². The van der Waals surface area contributed by atoms with Crippen molar-refractivity contribution in [1.29, 1.82) is 0 Å². The van der Waals surface area contributed by atoms with E-state index in [-0.39, 0.29) is 11.5 Å². The maximum Gasteiger partial charge on any atom is 0.416 e. The lowest BCUT2D eigenvalue weighted by atomic mass is 9.92. The SMILES string of the molecule is CCC1=C(SCCCN2C[C@H]3C[C@@]3(c3cc(C(F)(F)F)ccc3F)C2)N(C)C(c2ocnc2C)=NC1. The van der Waals surface area contributed by atoms with Gasteiger partial charge < -0.3 is 14.2 Å². The van der Waals surface area contributed by atoms with E-state index < -0.39 is 23.0 Å².